The van der Waals surface area contributed by atoms with Gasteiger partial charge in [0.25, 0.3) is 5.69 Å². The second kappa shape index (κ2) is 9.31. The molecule has 1 aliphatic heterocycles. The quantitative estimate of drug-likeness (QED) is 0.496. The Bertz CT molecular complexity index is 957. The van der Waals surface area contributed by atoms with Crippen molar-refractivity contribution in [3.8, 4) is 0 Å². The summed E-state index contributed by atoms with van der Waals surface area (Å²) in [5, 5.41) is 17.2. The highest BCUT2D eigenvalue weighted by atomic mass is 32.2. The zero-order valence-electron chi connectivity index (χ0n) is 16.1. The van der Waals surface area contributed by atoms with Gasteiger partial charge < -0.3 is 15.4 Å². The lowest BCUT2D eigenvalue weighted by molar-refractivity contribution is -0.384. The summed E-state index contributed by atoms with van der Waals surface area (Å²) in [4.78, 5) is 11.0. The third kappa shape index (κ3) is 5.10. The summed E-state index contributed by atoms with van der Waals surface area (Å²) in [5.41, 5.74) is 2.22. The summed E-state index contributed by atoms with van der Waals surface area (Å²) >= 11 is 0. The lowest BCUT2D eigenvalue weighted by atomic mass is 10.1. The summed E-state index contributed by atoms with van der Waals surface area (Å²) in [6.45, 7) is 2.52. The molecule has 0 saturated carbocycles. The Balaban J connectivity index is 1.59. The van der Waals surface area contributed by atoms with Crippen molar-refractivity contribution in [2.75, 3.05) is 38.7 Å². The van der Waals surface area contributed by atoms with Crippen LogP contribution in [0.2, 0.25) is 0 Å². The van der Waals surface area contributed by atoms with Gasteiger partial charge in [0.1, 0.15) is 5.69 Å². The molecule has 2 N–H and O–H groups in total. The largest absolute Gasteiger partial charge is 0.383 e. The lowest BCUT2D eigenvalue weighted by Gasteiger charge is -2.26. The molecule has 9 nitrogen and oxygen atoms in total. The topological polar surface area (TPSA) is 114 Å². The van der Waals surface area contributed by atoms with Crippen LogP contribution in [0.5, 0.6) is 0 Å². The number of nitro groups is 1. The number of hydrogen-bond acceptors (Lipinski definition) is 7. The van der Waals surface area contributed by atoms with E-state index < -0.39 is 14.9 Å². The minimum atomic E-state index is -3.50. The maximum absolute atomic E-state index is 12.6. The van der Waals surface area contributed by atoms with E-state index in [1.807, 2.05) is 6.07 Å². The minimum Gasteiger partial charge on any atom is -0.383 e. The predicted molar refractivity (Wildman–Crippen MR) is 109 cm³/mol. The molecule has 0 radical (unpaired) electrons. The van der Waals surface area contributed by atoms with Gasteiger partial charge in [0.05, 0.1) is 23.0 Å². The number of nitrogens with one attached hydrogen (secondary N) is 2. The number of benzene rings is 2. The van der Waals surface area contributed by atoms with E-state index in [1.54, 1.807) is 37.4 Å². The van der Waals surface area contributed by atoms with Crippen LogP contribution in [0.15, 0.2) is 47.4 Å². The van der Waals surface area contributed by atoms with Crippen LogP contribution in [-0.4, -0.2) is 51.0 Å². The van der Waals surface area contributed by atoms with E-state index in [2.05, 4.69) is 10.6 Å². The number of hydrogen-bond donors (Lipinski definition) is 2. The molecule has 0 aliphatic carbocycles. The Morgan fingerprint density at radius 2 is 1.69 bits per heavy atom. The molecule has 3 rings (SSSR count). The molecule has 0 aromatic heterocycles. The van der Waals surface area contributed by atoms with Gasteiger partial charge in [-0.3, -0.25) is 10.1 Å². The highest BCUT2D eigenvalue weighted by molar-refractivity contribution is 7.89. The standard InChI is InChI=1S/C19H24N4O5S/c1-20-18-7-4-16(12-19(18)23(24)25)14-21-13-15-2-5-17(6-3-15)29(26,27)22-8-10-28-11-9-22/h2-7,12,20-21H,8-11,13-14H2,1H3. The summed E-state index contributed by atoms with van der Waals surface area (Å²) in [5.74, 6) is 0. The average molecular weight is 420 g/mol. The highest BCUT2D eigenvalue weighted by Gasteiger charge is 2.26. The molecule has 29 heavy (non-hydrogen) atoms. The van der Waals surface area contributed by atoms with E-state index in [0.717, 1.165) is 11.1 Å². The van der Waals surface area contributed by atoms with Crippen molar-refractivity contribution < 1.29 is 18.1 Å². The maximum Gasteiger partial charge on any atom is 0.292 e. The van der Waals surface area contributed by atoms with Crippen molar-refractivity contribution in [1.82, 2.24) is 9.62 Å². The van der Waals surface area contributed by atoms with Crippen molar-refractivity contribution in [3.05, 3.63) is 63.7 Å². The fourth-order valence-electron chi connectivity index (χ4n) is 3.12. The zero-order valence-corrected chi connectivity index (χ0v) is 16.9. The number of rotatable bonds is 8. The van der Waals surface area contributed by atoms with Crippen LogP contribution in [0, 0.1) is 10.1 Å². The van der Waals surface area contributed by atoms with Gasteiger partial charge in [0.15, 0.2) is 0 Å². The van der Waals surface area contributed by atoms with Gasteiger partial charge in [-0.2, -0.15) is 4.31 Å². The molecule has 1 heterocycles. The third-order valence-electron chi connectivity index (χ3n) is 4.72. The first kappa shape index (κ1) is 21.2. The molecule has 10 heteroatoms. The second-order valence-electron chi connectivity index (χ2n) is 6.62. The number of nitro benzene ring substituents is 1. The van der Waals surface area contributed by atoms with E-state index in [4.69, 9.17) is 4.74 Å². The second-order valence-corrected chi connectivity index (χ2v) is 8.56. The molecule has 0 amide bonds. The van der Waals surface area contributed by atoms with Crippen LogP contribution in [0.25, 0.3) is 0 Å². The first-order valence-electron chi connectivity index (χ1n) is 9.24. The molecule has 0 atom stereocenters. The van der Waals surface area contributed by atoms with Gasteiger partial charge in [-0.25, -0.2) is 8.42 Å². The molecule has 1 saturated heterocycles. The molecular weight excluding hydrogens is 396 g/mol. The van der Waals surface area contributed by atoms with Crippen molar-refractivity contribution in [2.45, 2.75) is 18.0 Å². The molecule has 156 valence electrons. The van der Waals surface area contributed by atoms with Crippen LogP contribution in [-0.2, 0) is 27.8 Å². The van der Waals surface area contributed by atoms with E-state index >= 15 is 0 Å². The van der Waals surface area contributed by atoms with E-state index in [9.17, 15) is 18.5 Å². The van der Waals surface area contributed by atoms with Crippen molar-refractivity contribution in [2.24, 2.45) is 0 Å². The van der Waals surface area contributed by atoms with Gasteiger partial charge >= 0.3 is 0 Å². The SMILES string of the molecule is CNc1ccc(CNCc2ccc(S(=O)(=O)N3CCOCC3)cc2)cc1[N+](=O)[O-]. The van der Waals surface area contributed by atoms with Gasteiger partial charge in [0, 0.05) is 39.3 Å². The molecule has 0 unspecified atom stereocenters. The Kier molecular flexibility index (Phi) is 6.80. The predicted octanol–water partition coefficient (Wildman–Crippen LogP) is 1.95. The number of morpholine rings is 1. The normalized spacial score (nSPS) is 15.2. The fourth-order valence-corrected chi connectivity index (χ4v) is 4.52. The van der Waals surface area contributed by atoms with Crippen LogP contribution < -0.4 is 10.6 Å². The van der Waals surface area contributed by atoms with E-state index in [-0.39, 0.29) is 10.6 Å². The Hall–Kier alpha value is -2.53. The van der Waals surface area contributed by atoms with E-state index in [0.29, 0.717) is 45.1 Å². The first-order chi connectivity index (χ1) is 13.9. The maximum atomic E-state index is 12.6. The van der Waals surface area contributed by atoms with Gasteiger partial charge in [0.2, 0.25) is 10.0 Å². The Morgan fingerprint density at radius 1 is 1.07 bits per heavy atom. The number of nitrogens with zero attached hydrogens (tertiary/aromatic N) is 2. The average Bonchev–Trinajstić information content (AvgIpc) is 2.74. The molecule has 0 bridgehead atoms. The molecule has 1 fully saturated rings. The zero-order chi connectivity index (χ0) is 20.9. The summed E-state index contributed by atoms with van der Waals surface area (Å²) in [7, 11) is -1.86. The third-order valence-corrected chi connectivity index (χ3v) is 6.63. The minimum absolute atomic E-state index is 0.0319. The lowest BCUT2D eigenvalue weighted by Crippen LogP contribution is -2.40. The van der Waals surface area contributed by atoms with Crippen LogP contribution in [0.1, 0.15) is 11.1 Å². The first-order valence-corrected chi connectivity index (χ1v) is 10.7. The summed E-state index contributed by atoms with van der Waals surface area (Å²) < 4.78 is 31.9. The molecule has 2 aromatic carbocycles. The van der Waals surface area contributed by atoms with Crippen LogP contribution in [0.4, 0.5) is 11.4 Å². The number of anilines is 1. The smallest absolute Gasteiger partial charge is 0.292 e. The Labute approximate surface area is 169 Å². The summed E-state index contributed by atoms with van der Waals surface area (Å²) in [6, 6.07) is 11.8. The highest BCUT2D eigenvalue weighted by Crippen LogP contribution is 2.25. The fraction of sp³-hybridized carbons (Fsp3) is 0.368. The Morgan fingerprint density at radius 3 is 2.31 bits per heavy atom. The summed E-state index contributed by atoms with van der Waals surface area (Å²) in [6.07, 6.45) is 0. The molecular formula is C19H24N4O5S. The molecule has 2 aromatic rings. The van der Waals surface area contributed by atoms with Crippen molar-refractivity contribution in [3.63, 3.8) is 0 Å². The monoisotopic (exact) mass is 420 g/mol. The van der Waals surface area contributed by atoms with E-state index in [1.165, 1.54) is 10.4 Å². The van der Waals surface area contributed by atoms with Gasteiger partial charge in [-0.05, 0) is 29.3 Å². The van der Waals surface area contributed by atoms with Crippen LogP contribution in [0.3, 0.4) is 0 Å². The molecule has 0 spiro atoms. The number of ether oxygens (including phenoxy) is 1. The van der Waals surface area contributed by atoms with Crippen molar-refractivity contribution >= 4 is 21.4 Å². The van der Waals surface area contributed by atoms with Gasteiger partial charge in [-0.15, -0.1) is 0 Å². The van der Waals surface area contributed by atoms with Crippen LogP contribution >= 0.6 is 0 Å². The van der Waals surface area contributed by atoms with Gasteiger partial charge in [-0.1, -0.05) is 18.2 Å². The molecule has 1 aliphatic rings. The number of sulfonamides is 1. The van der Waals surface area contributed by atoms with Crippen molar-refractivity contribution in [1.29, 1.82) is 0 Å².